The van der Waals surface area contributed by atoms with E-state index < -0.39 is 0 Å². The molecule has 1 atom stereocenters. The number of pyridine rings is 1. The van der Waals surface area contributed by atoms with Crippen LogP contribution in [0.15, 0.2) is 24.4 Å². The minimum absolute atomic E-state index is 0.423. The largest absolute Gasteiger partial charge is 0.377 e. The molecule has 0 spiro atoms. The van der Waals surface area contributed by atoms with E-state index in [1.165, 1.54) is 0 Å². The SMILES string of the molecule is C[C@H]1C=Cc2ncccc2N1. The highest BCUT2D eigenvalue weighted by Crippen LogP contribution is 2.19. The van der Waals surface area contributed by atoms with Gasteiger partial charge in [0, 0.05) is 12.2 Å². The topological polar surface area (TPSA) is 24.9 Å². The maximum absolute atomic E-state index is 4.20. The zero-order valence-electron chi connectivity index (χ0n) is 6.41. The van der Waals surface area contributed by atoms with Gasteiger partial charge in [-0.1, -0.05) is 6.08 Å². The van der Waals surface area contributed by atoms with Crippen LogP contribution >= 0.6 is 0 Å². The molecule has 2 nitrogen and oxygen atoms in total. The molecule has 0 amide bonds. The Morgan fingerprint density at radius 2 is 2.45 bits per heavy atom. The number of fused-ring (bicyclic) bond motifs is 1. The van der Waals surface area contributed by atoms with Crippen molar-refractivity contribution in [2.75, 3.05) is 5.32 Å². The first kappa shape index (κ1) is 6.40. The lowest BCUT2D eigenvalue weighted by molar-refractivity contribution is 0.983. The number of rotatable bonds is 0. The average Bonchev–Trinajstić information content (AvgIpc) is 2.04. The van der Waals surface area contributed by atoms with Crippen LogP contribution in [0, 0.1) is 0 Å². The second kappa shape index (κ2) is 2.38. The first-order valence-electron chi connectivity index (χ1n) is 3.76. The molecule has 0 aliphatic carbocycles. The number of hydrogen-bond acceptors (Lipinski definition) is 2. The fourth-order valence-electron chi connectivity index (χ4n) is 1.20. The molecule has 0 saturated heterocycles. The van der Waals surface area contributed by atoms with Crippen LogP contribution in [0.5, 0.6) is 0 Å². The van der Waals surface area contributed by atoms with Gasteiger partial charge in [0.1, 0.15) is 0 Å². The fourth-order valence-corrected chi connectivity index (χ4v) is 1.20. The minimum Gasteiger partial charge on any atom is -0.377 e. The summed E-state index contributed by atoms with van der Waals surface area (Å²) < 4.78 is 0. The van der Waals surface area contributed by atoms with E-state index in [4.69, 9.17) is 0 Å². The van der Waals surface area contributed by atoms with Crippen LogP contribution in [0.25, 0.3) is 6.08 Å². The smallest absolute Gasteiger partial charge is 0.0858 e. The zero-order valence-corrected chi connectivity index (χ0v) is 6.41. The Balaban J connectivity index is 2.46. The van der Waals surface area contributed by atoms with Gasteiger partial charge in [0.15, 0.2) is 0 Å². The van der Waals surface area contributed by atoms with Gasteiger partial charge in [-0.05, 0) is 25.1 Å². The van der Waals surface area contributed by atoms with E-state index in [-0.39, 0.29) is 0 Å². The van der Waals surface area contributed by atoms with Gasteiger partial charge in [0.2, 0.25) is 0 Å². The molecule has 1 N–H and O–H groups in total. The summed E-state index contributed by atoms with van der Waals surface area (Å²) in [6.45, 7) is 2.12. The number of nitrogens with one attached hydrogen (secondary N) is 1. The van der Waals surface area contributed by atoms with Gasteiger partial charge in [-0.25, -0.2) is 0 Å². The predicted molar refractivity (Wildman–Crippen MR) is 46.4 cm³/mol. The van der Waals surface area contributed by atoms with Crippen LogP contribution in [-0.2, 0) is 0 Å². The quantitative estimate of drug-likeness (QED) is 0.604. The second-order valence-electron chi connectivity index (χ2n) is 2.73. The van der Waals surface area contributed by atoms with Crippen molar-refractivity contribution in [3.63, 3.8) is 0 Å². The third-order valence-corrected chi connectivity index (χ3v) is 1.76. The number of aromatic nitrogens is 1. The van der Waals surface area contributed by atoms with Crippen LogP contribution in [0.3, 0.4) is 0 Å². The number of anilines is 1. The van der Waals surface area contributed by atoms with Gasteiger partial charge in [0.05, 0.1) is 11.4 Å². The molecule has 1 aromatic heterocycles. The monoisotopic (exact) mass is 146 g/mol. The molecule has 1 aliphatic heterocycles. The molecule has 2 heteroatoms. The maximum atomic E-state index is 4.20. The summed E-state index contributed by atoms with van der Waals surface area (Å²) in [5.74, 6) is 0. The van der Waals surface area contributed by atoms with E-state index in [1.807, 2.05) is 12.1 Å². The third-order valence-electron chi connectivity index (χ3n) is 1.76. The molecule has 56 valence electrons. The molecule has 1 aliphatic rings. The van der Waals surface area contributed by atoms with E-state index in [2.05, 4.69) is 29.4 Å². The van der Waals surface area contributed by atoms with Gasteiger partial charge in [-0.3, -0.25) is 4.98 Å². The van der Waals surface area contributed by atoms with Crippen LogP contribution in [0.2, 0.25) is 0 Å². The Kier molecular flexibility index (Phi) is 1.39. The summed E-state index contributed by atoms with van der Waals surface area (Å²) in [5, 5.41) is 3.31. The second-order valence-corrected chi connectivity index (χ2v) is 2.73. The van der Waals surface area contributed by atoms with Gasteiger partial charge < -0.3 is 5.32 Å². The highest BCUT2D eigenvalue weighted by Gasteiger charge is 2.06. The molecule has 2 rings (SSSR count). The Bertz CT molecular complexity index is 291. The Hall–Kier alpha value is -1.31. The molecular weight excluding hydrogens is 136 g/mol. The lowest BCUT2D eigenvalue weighted by atomic mass is 10.1. The lowest BCUT2D eigenvalue weighted by Crippen LogP contribution is -2.15. The van der Waals surface area contributed by atoms with E-state index >= 15 is 0 Å². The van der Waals surface area contributed by atoms with Crippen molar-refractivity contribution in [3.05, 3.63) is 30.1 Å². The third kappa shape index (κ3) is 1.11. The van der Waals surface area contributed by atoms with Crippen LogP contribution in [-0.4, -0.2) is 11.0 Å². The highest BCUT2D eigenvalue weighted by atomic mass is 14.9. The molecule has 0 radical (unpaired) electrons. The lowest BCUT2D eigenvalue weighted by Gasteiger charge is -2.17. The maximum Gasteiger partial charge on any atom is 0.0858 e. The average molecular weight is 146 g/mol. The number of hydrogen-bond donors (Lipinski definition) is 1. The molecule has 0 saturated carbocycles. The summed E-state index contributed by atoms with van der Waals surface area (Å²) in [7, 11) is 0. The van der Waals surface area contributed by atoms with E-state index in [0.29, 0.717) is 6.04 Å². The predicted octanol–water partition coefficient (Wildman–Crippen LogP) is 1.91. The van der Waals surface area contributed by atoms with E-state index in [0.717, 1.165) is 11.4 Å². The van der Waals surface area contributed by atoms with Crippen molar-refractivity contribution in [1.29, 1.82) is 0 Å². The minimum atomic E-state index is 0.423. The molecule has 0 unspecified atom stereocenters. The normalized spacial score (nSPS) is 20.6. The van der Waals surface area contributed by atoms with Crippen molar-refractivity contribution in [1.82, 2.24) is 4.98 Å². The van der Waals surface area contributed by atoms with Crippen LogP contribution < -0.4 is 5.32 Å². The van der Waals surface area contributed by atoms with Crippen molar-refractivity contribution < 1.29 is 0 Å². The van der Waals surface area contributed by atoms with Crippen molar-refractivity contribution >= 4 is 11.8 Å². The van der Waals surface area contributed by atoms with Crippen molar-refractivity contribution in [3.8, 4) is 0 Å². The Labute approximate surface area is 66.0 Å². The van der Waals surface area contributed by atoms with Crippen molar-refractivity contribution in [2.24, 2.45) is 0 Å². The standard InChI is InChI=1S/C9H10N2/c1-7-4-5-8-9(11-7)3-2-6-10-8/h2-7,11H,1H3/t7-/m0/s1. The molecular formula is C9H10N2. The number of nitrogens with zero attached hydrogens (tertiary/aromatic N) is 1. The summed E-state index contributed by atoms with van der Waals surface area (Å²) in [6.07, 6.45) is 5.96. The summed E-state index contributed by atoms with van der Waals surface area (Å²) >= 11 is 0. The van der Waals surface area contributed by atoms with Gasteiger partial charge in [-0.15, -0.1) is 0 Å². The molecule has 0 fully saturated rings. The Morgan fingerprint density at radius 3 is 3.36 bits per heavy atom. The zero-order chi connectivity index (χ0) is 7.68. The summed E-state index contributed by atoms with van der Waals surface area (Å²) in [6, 6.07) is 4.41. The molecule has 1 aromatic rings. The van der Waals surface area contributed by atoms with Crippen molar-refractivity contribution in [2.45, 2.75) is 13.0 Å². The molecule has 2 heterocycles. The highest BCUT2D eigenvalue weighted by molar-refractivity contribution is 5.67. The van der Waals surface area contributed by atoms with E-state index in [9.17, 15) is 0 Å². The molecule has 0 bridgehead atoms. The van der Waals surface area contributed by atoms with Gasteiger partial charge in [0.25, 0.3) is 0 Å². The van der Waals surface area contributed by atoms with Gasteiger partial charge >= 0.3 is 0 Å². The first-order valence-corrected chi connectivity index (χ1v) is 3.76. The van der Waals surface area contributed by atoms with Crippen LogP contribution in [0.1, 0.15) is 12.6 Å². The van der Waals surface area contributed by atoms with E-state index in [1.54, 1.807) is 6.20 Å². The summed E-state index contributed by atoms with van der Waals surface area (Å²) in [4.78, 5) is 4.20. The first-order chi connectivity index (χ1) is 5.36. The molecule has 11 heavy (non-hydrogen) atoms. The Morgan fingerprint density at radius 1 is 1.55 bits per heavy atom. The summed E-state index contributed by atoms with van der Waals surface area (Å²) in [5.41, 5.74) is 2.16. The van der Waals surface area contributed by atoms with Crippen LogP contribution in [0.4, 0.5) is 5.69 Å². The van der Waals surface area contributed by atoms with Gasteiger partial charge in [-0.2, -0.15) is 0 Å². The fraction of sp³-hybridized carbons (Fsp3) is 0.222. The molecule has 0 aromatic carbocycles.